The molecule has 0 aromatic heterocycles. The first-order valence-corrected chi connectivity index (χ1v) is 7.50. The van der Waals surface area contributed by atoms with Crippen molar-refractivity contribution >= 4 is 16.0 Å². The molecule has 0 aliphatic heterocycles. The van der Waals surface area contributed by atoms with E-state index < -0.39 is 32.2 Å². The van der Waals surface area contributed by atoms with E-state index in [0.29, 0.717) is 12.5 Å². The van der Waals surface area contributed by atoms with Crippen molar-refractivity contribution in [2.45, 2.75) is 37.6 Å². The number of nitrogens with zero attached hydrogens (tertiary/aromatic N) is 1. The Hall–Kier alpha value is -1.47. The SMILES string of the molecule is CCC(C)(C)N(C)S(=O)(=O)c1ccc(C(=O)O)cc1F. The van der Waals surface area contributed by atoms with Crippen LogP contribution in [0, 0.1) is 5.82 Å². The summed E-state index contributed by atoms with van der Waals surface area (Å²) in [4.78, 5) is 10.2. The molecule has 0 saturated heterocycles. The summed E-state index contributed by atoms with van der Waals surface area (Å²) >= 11 is 0. The van der Waals surface area contributed by atoms with Gasteiger partial charge >= 0.3 is 5.97 Å². The number of carbonyl (C=O) groups is 1. The Labute approximate surface area is 118 Å². The number of rotatable bonds is 5. The molecule has 20 heavy (non-hydrogen) atoms. The maximum atomic E-state index is 13.9. The van der Waals surface area contributed by atoms with Crippen molar-refractivity contribution in [3.05, 3.63) is 29.6 Å². The van der Waals surface area contributed by atoms with Gasteiger partial charge in [-0.25, -0.2) is 17.6 Å². The summed E-state index contributed by atoms with van der Waals surface area (Å²) in [6.07, 6.45) is 0.553. The fourth-order valence-electron chi connectivity index (χ4n) is 1.54. The standard InChI is InChI=1S/C13H18FNO4S/c1-5-13(2,3)15(4)20(18,19)11-7-6-9(12(16)17)8-10(11)14/h6-8H,5H2,1-4H3,(H,16,17). The van der Waals surface area contributed by atoms with Crippen molar-refractivity contribution in [1.29, 1.82) is 0 Å². The Kier molecular flexibility index (Phi) is 4.55. The number of carboxylic acid groups (broad SMARTS) is 1. The number of carboxylic acids is 1. The predicted molar refractivity (Wildman–Crippen MR) is 72.7 cm³/mol. The molecule has 0 spiro atoms. The van der Waals surface area contributed by atoms with Gasteiger partial charge in [-0.3, -0.25) is 0 Å². The van der Waals surface area contributed by atoms with Gasteiger partial charge in [0, 0.05) is 12.6 Å². The highest BCUT2D eigenvalue weighted by Crippen LogP contribution is 2.27. The summed E-state index contributed by atoms with van der Waals surface area (Å²) in [5, 5.41) is 8.75. The minimum Gasteiger partial charge on any atom is -0.478 e. The van der Waals surface area contributed by atoms with Gasteiger partial charge in [0.1, 0.15) is 10.7 Å². The molecule has 0 fully saturated rings. The topological polar surface area (TPSA) is 74.7 Å². The van der Waals surface area contributed by atoms with Gasteiger partial charge in [0.05, 0.1) is 5.56 Å². The normalized spacial score (nSPS) is 12.7. The average Bonchev–Trinajstić information content (AvgIpc) is 2.37. The van der Waals surface area contributed by atoms with Crippen molar-refractivity contribution in [2.24, 2.45) is 0 Å². The second kappa shape index (κ2) is 5.49. The number of hydrogen-bond donors (Lipinski definition) is 1. The van der Waals surface area contributed by atoms with E-state index >= 15 is 0 Å². The van der Waals surface area contributed by atoms with Crippen LogP contribution in [0.25, 0.3) is 0 Å². The fourth-order valence-corrected chi connectivity index (χ4v) is 3.16. The number of aromatic carboxylic acids is 1. The lowest BCUT2D eigenvalue weighted by atomic mass is 10.0. The molecule has 0 saturated carbocycles. The average molecular weight is 303 g/mol. The Morgan fingerprint density at radius 2 is 1.95 bits per heavy atom. The van der Waals surface area contributed by atoms with Gasteiger partial charge in [0.25, 0.3) is 0 Å². The van der Waals surface area contributed by atoms with Crippen LogP contribution in [0.2, 0.25) is 0 Å². The molecule has 0 amide bonds. The van der Waals surface area contributed by atoms with E-state index in [1.54, 1.807) is 13.8 Å². The highest BCUT2D eigenvalue weighted by Gasteiger charge is 2.34. The third-order valence-corrected chi connectivity index (χ3v) is 5.64. The highest BCUT2D eigenvalue weighted by atomic mass is 32.2. The Morgan fingerprint density at radius 1 is 1.40 bits per heavy atom. The molecule has 1 aromatic carbocycles. The van der Waals surface area contributed by atoms with Crippen LogP contribution in [0.1, 0.15) is 37.6 Å². The van der Waals surface area contributed by atoms with Gasteiger partial charge in [-0.1, -0.05) is 6.92 Å². The molecule has 1 rings (SSSR count). The maximum Gasteiger partial charge on any atom is 0.335 e. The van der Waals surface area contributed by atoms with E-state index in [-0.39, 0.29) is 5.56 Å². The van der Waals surface area contributed by atoms with E-state index in [0.717, 1.165) is 16.4 Å². The van der Waals surface area contributed by atoms with Gasteiger partial charge < -0.3 is 5.11 Å². The molecule has 1 N–H and O–H groups in total. The van der Waals surface area contributed by atoms with Crippen molar-refractivity contribution in [2.75, 3.05) is 7.05 Å². The van der Waals surface area contributed by atoms with E-state index in [1.807, 2.05) is 6.92 Å². The third-order valence-electron chi connectivity index (χ3n) is 3.53. The van der Waals surface area contributed by atoms with E-state index in [4.69, 9.17) is 5.11 Å². The van der Waals surface area contributed by atoms with Crippen molar-refractivity contribution in [3.63, 3.8) is 0 Å². The Bertz CT molecular complexity index is 625. The van der Waals surface area contributed by atoms with Gasteiger partial charge in [-0.05, 0) is 38.5 Å². The summed E-state index contributed by atoms with van der Waals surface area (Å²) in [7, 11) is -2.64. The van der Waals surface area contributed by atoms with Gasteiger partial charge in [0.15, 0.2) is 0 Å². The van der Waals surface area contributed by atoms with Crippen LogP contribution in [0.5, 0.6) is 0 Å². The zero-order valence-corrected chi connectivity index (χ0v) is 12.7. The van der Waals surface area contributed by atoms with Crippen LogP contribution < -0.4 is 0 Å². The highest BCUT2D eigenvalue weighted by molar-refractivity contribution is 7.89. The zero-order chi connectivity index (χ0) is 15.7. The van der Waals surface area contributed by atoms with Crippen molar-refractivity contribution < 1.29 is 22.7 Å². The second-order valence-electron chi connectivity index (χ2n) is 5.09. The van der Waals surface area contributed by atoms with E-state index in [9.17, 15) is 17.6 Å². The van der Waals surface area contributed by atoms with Crippen LogP contribution in [0.3, 0.4) is 0 Å². The zero-order valence-electron chi connectivity index (χ0n) is 11.8. The molecule has 7 heteroatoms. The van der Waals surface area contributed by atoms with Gasteiger partial charge in [-0.2, -0.15) is 4.31 Å². The van der Waals surface area contributed by atoms with Crippen molar-refractivity contribution in [1.82, 2.24) is 4.31 Å². The first kappa shape index (κ1) is 16.6. The monoisotopic (exact) mass is 303 g/mol. The number of halogens is 1. The molecular formula is C13H18FNO4S. The first-order valence-electron chi connectivity index (χ1n) is 6.06. The van der Waals surface area contributed by atoms with Crippen LogP contribution in [0.15, 0.2) is 23.1 Å². The van der Waals surface area contributed by atoms with E-state index in [2.05, 4.69) is 0 Å². The molecule has 0 heterocycles. The predicted octanol–water partition coefficient (Wildman–Crippen LogP) is 2.33. The lowest BCUT2D eigenvalue weighted by Gasteiger charge is -2.33. The van der Waals surface area contributed by atoms with Gasteiger partial charge in [0.2, 0.25) is 10.0 Å². The second-order valence-corrected chi connectivity index (χ2v) is 7.03. The van der Waals surface area contributed by atoms with Crippen LogP contribution >= 0.6 is 0 Å². The summed E-state index contributed by atoms with van der Waals surface area (Å²) < 4.78 is 39.7. The van der Waals surface area contributed by atoms with Gasteiger partial charge in [-0.15, -0.1) is 0 Å². The number of benzene rings is 1. The molecule has 1 aromatic rings. The fraction of sp³-hybridized carbons (Fsp3) is 0.462. The number of sulfonamides is 1. The number of hydrogen-bond acceptors (Lipinski definition) is 3. The molecule has 0 bridgehead atoms. The minimum absolute atomic E-state index is 0.293. The quantitative estimate of drug-likeness (QED) is 0.906. The molecule has 0 unspecified atom stereocenters. The summed E-state index contributed by atoms with van der Waals surface area (Å²) in [5.74, 6) is -2.38. The molecular weight excluding hydrogens is 285 g/mol. The first-order chi connectivity index (χ1) is 9.04. The van der Waals surface area contributed by atoms with E-state index in [1.165, 1.54) is 7.05 Å². The molecule has 0 aliphatic rings. The third kappa shape index (κ3) is 2.99. The lowest BCUT2D eigenvalue weighted by Crippen LogP contribution is -2.44. The Balaban J connectivity index is 3.34. The molecule has 0 aliphatic carbocycles. The largest absolute Gasteiger partial charge is 0.478 e. The van der Waals surface area contributed by atoms with Crippen LogP contribution in [0.4, 0.5) is 4.39 Å². The van der Waals surface area contributed by atoms with Crippen molar-refractivity contribution in [3.8, 4) is 0 Å². The molecule has 0 radical (unpaired) electrons. The maximum absolute atomic E-state index is 13.9. The summed E-state index contributed by atoms with van der Waals surface area (Å²) in [6, 6.07) is 2.77. The smallest absolute Gasteiger partial charge is 0.335 e. The molecule has 5 nitrogen and oxygen atoms in total. The molecule has 0 atom stereocenters. The summed E-state index contributed by atoms with van der Waals surface area (Å²) in [5.41, 5.74) is -0.963. The summed E-state index contributed by atoms with van der Waals surface area (Å²) in [6.45, 7) is 5.29. The lowest BCUT2D eigenvalue weighted by molar-refractivity contribution is 0.0696. The van der Waals surface area contributed by atoms with Crippen LogP contribution in [-0.4, -0.2) is 36.4 Å². The Morgan fingerprint density at radius 3 is 2.35 bits per heavy atom. The van der Waals surface area contributed by atoms with Crippen LogP contribution in [-0.2, 0) is 10.0 Å². The minimum atomic E-state index is -4.02. The molecule has 112 valence electrons.